The van der Waals surface area contributed by atoms with Gasteiger partial charge in [-0.25, -0.2) is 0 Å². The van der Waals surface area contributed by atoms with E-state index in [0.29, 0.717) is 18.3 Å². The first-order valence-electron chi connectivity index (χ1n) is 6.45. The van der Waals surface area contributed by atoms with Gasteiger partial charge in [0.05, 0.1) is 23.8 Å². The Bertz CT molecular complexity index is 502. The zero-order valence-corrected chi connectivity index (χ0v) is 10.8. The Balaban J connectivity index is 2.04. The van der Waals surface area contributed by atoms with Gasteiger partial charge in [0.25, 0.3) is 0 Å². The number of nitrogens with zero attached hydrogens (tertiary/aromatic N) is 1. The quantitative estimate of drug-likeness (QED) is 0.928. The Morgan fingerprint density at radius 1 is 1.40 bits per heavy atom. The van der Waals surface area contributed by atoms with Crippen molar-refractivity contribution in [3.05, 3.63) is 29.3 Å². The summed E-state index contributed by atoms with van der Waals surface area (Å²) in [4.78, 5) is 0. The number of piperidine rings is 1. The highest BCUT2D eigenvalue weighted by Gasteiger charge is 2.33. The molecule has 0 aliphatic carbocycles. The lowest BCUT2D eigenvalue weighted by Crippen LogP contribution is -2.33. The average Bonchev–Trinajstić information content (AvgIpc) is 2.45. The summed E-state index contributed by atoms with van der Waals surface area (Å²) in [6.07, 6.45) is -2.40. The second-order valence-electron chi connectivity index (χ2n) is 4.84. The number of hydrogen-bond acceptors (Lipinski definition) is 3. The summed E-state index contributed by atoms with van der Waals surface area (Å²) in [5.41, 5.74) is -1.33. The van der Waals surface area contributed by atoms with E-state index in [2.05, 4.69) is 5.32 Å². The molecule has 1 unspecified atom stereocenters. The maximum atomic E-state index is 12.6. The molecule has 1 aromatic rings. The zero-order chi connectivity index (χ0) is 14.6. The summed E-state index contributed by atoms with van der Waals surface area (Å²) < 4.78 is 43.4. The third-order valence-corrected chi connectivity index (χ3v) is 3.30. The van der Waals surface area contributed by atoms with Crippen LogP contribution in [0.15, 0.2) is 18.2 Å². The van der Waals surface area contributed by atoms with Gasteiger partial charge in [0, 0.05) is 12.5 Å². The molecule has 1 N–H and O–H groups in total. The molecule has 0 bridgehead atoms. The highest BCUT2D eigenvalue weighted by molar-refractivity contribution is 5.44. The molecule has 0 radical (unpaired) electrons. The molecule has 108 valence electrons. The van der Waals surface area contributed by atoms with Gasteiger partial charge in [-0.1, -0.05) is 0 Å². The predicted octanol–water partition coefficient (Wildman–Crippen LogP) is 2.96. The Kier molecular flexibility index (Phi) is 4.50. The van der Waals surface area contributed by atoms with E-state index in [9.17, 15) is 13.2 Å². The van der Waals surface area contributed by atoms with Crippen molar-refractivity contribution >= 4 is 0 Å². The lowest BCUT2D eigenvalue weighted by Gasteiger charge is -2.22. The Hall–Kier alpha value is -1.74. The van der Waals surface area contributed by atoms with Gasteiger partial charge in [-0.15, -0.1) is 0 Å². The van der Waals surface area contributed by atoms with Gasteiger partial charge in [0.15, 0.2) is 0 Å². The van der Waals surface area contributed by atoms with E-state index >= 15 is 0 Å². The zero-order valence-electron chi connectivity index (χ0n) is 10.8. The fourth-order valence-electron chi connectivity index (χ4n) is 2.23. The van der Waals surface area contributed by atoms with E-state index in [1.165, 1.54) is 6.07 Å². The molecule has 0 amide bonds. The standard InChI is InChI=1S/C14H15F3N2O/c15-14(16,17)13-4-3-12(6-11(13)7-18)20-9-10-2-1-5-19-8-10/h3-4,6,10,19H,1-2,5,8-9H2. The number of alkyl halides is 3. The predicted molar refractivity (Wildman–Crippen MR) is 67.2 cm³/mol. The van der Waals surface area contributed by atoms with Gasteiger partial charge in [-0.05, 0) is 37.6 Å². The molecule has 20 heavy (non-hydrogen) atoms. The fraction of sp³-hybridized carbons (Fsp3) is 0.500. The number of nitrogens with one attached hydrogen (secondary N) is 1. The first-order chi connectivity index (χ1) is 9.50. The molecular weight excluding hydrogens is 269 g/mol. The van der Waals surface area contributed by atoms with E-state index in [4.69, 9.17) is 10.00 Å². The summed E-state index contributed by atoms with van der Waals surface area (Å²) in [5, 5.41) is 12.0. The van der Waals surface area contributed by atoms with Crippen molar-refractivity contribution in [1.82, 2.24) is 5.32 Å². The van der Waals surface area contributed by atoms with Crippen molar-refractivity contribution in [2.75, 3.05) is 19.7 Å². The van der Waals surface area contributed by atoms with Crippen LogP contribution in [-0.4, -0.2) is 19.7 Å². The monoisotopic (exact) mass is 284 g/mol. The Labute approximate surface area is 115 Å². The van der Waals surface area contributed by atoms with Crippen molar-refractivity contribution in [2.45, 2.75) is 19.0 Å². The average molecular weight is 284 g/mol. The van der Waals surface area contributed by atoms with Crippen LogP contribution in [0.3, 0.4) is 0 Å². The molecule has 6 heteroatoms. The van der Waals surface area contributed by atoms with E-state index in [1.54, 1.807) is 6.07 Å². The van der Waals surface area contributed by atoms with Crippen LogP contribution in [0.2, 0.25) is 0 Å². The number of ether oxygens (including phenoxy) is 1. The molecular formula is C14H15F3N2O. The minimum absolute atomic E-state index is 0.306. The van der Waals surface area contributed by atoms with Gasteiger partial charge in [0.2, 0.25) is 0 Å². The number of benzene rings is 1. The molecule has 1 saturated heterocycles. The minimum atomic E-state index is -4.52. The van der Waals surface area contributed by atoms with Crippen LogP contribution in [-0.2, 0) is 6.18 Å². The van der Waals surface area contributed by atoms with Gasteiger partial charge in [-0.3, -0.25) is 0 Å². The van der Waals surface area contributed by atoms with Crippen LogP contribution >= 0.6 is 0 Å². The lowest BCUT2D eigenvalue weighted by atomic mass is 10.0. The largest absolute Gasteiger partial charge is 0.493 e. The van der Waals surface area contributed by atoms with E-state index in [-0.39, 0.29) is 0 Å². The summed E-state index contributed by atoms with van der Waals surface area (Å²) in [6, 6.07) is 4.88. The SMILES string of the molecule is N#Cc1cc(OCC2CCCNC2)ccc1C(F)(F)F. The molecule has 1 atom stereocenters. The molecule has 3 nitrogen and oxygen atoms in total. The molecule has 0 saturated carbocycles. The third-order valence-electron chi connectivity index (χ3n) is 3.30. The molecule has 1 aliphatic rings. The number of halogens is 3. The van der Waals surface area contributed by atoms with Crippen LogP contribution in [0, 0.1) is 17.2 Å². The van der Waals surface area contributed by atoms with Crippen molar-refractivity contribution in [3.63, 3.8) is 0 Å². The van der Waals surface area contributed by atoms with Gasteiger partial charge in [0.1, 0.15) is 5.75 Å². The number of nitriles is 1. The number of rotatable bonds is 3. The van der Waals surface area contributed by atoms with Crippen molar-refractivity contribution in [3.8, 4) is 11.8 Å². The summed E-state index contributed by atoms with van der Waals surface area (Å²) in [5.74, 6) is 0.664. The van der Waals surface area contributed by atoms with Crippen LogP contribution in [0.1, 0.15) is 24.0 Å². The summed E-state index contributed by atoms with van der Waals surface area (Å²) in [6.45, 7) is 2.30. The highest BCUT2D eigenvalue weighted by atomic mass is 19.4. The van der Waals surface area contributed by atoms with E-state index < -0.39 is 17.3 Å². The van der Waals surface area contributed by atoms with Crippen LogP contribution in [0.25, 0.3) is 0 Å². The van der Waals surface area contributed by atoms with E-state index in [0.717, 1.165) is 38.1 Å². The molecule has 1 aliphatic heterocycles. The maximum absolute atomic E-state index is 12.6. The number of hydrogen-bond donors (Lipinski definition) is 1. The maximum Gasteiger partial charge on any atom is 0.417 e. The first-order valence-corrected chi connectivity index (χ1v) is 6.45. The van der Waals surface area contributed by atoms with Gasteiger partial charge < -0.3 is 10.1 Å². The van der Waals surface area contributed by atoms with Crippen LogP contribution in [0.4, 0.5) is 13.2 Å². The normalized spacial score (nSPS) is 19.4. The molecule has 1 heterocycles. The topological polar surface area (TPSA) is 45.0 Å². The van der Waals surface area contributed by atoms with Crippen LogP contribution < -0.4 is 10.1 Å². The smallest absolute Gasteiger partial charge is 0.417 e. The van der Waals surface area contributed by atoms with Crippen molar-refractivity contribution in [1.29, 1.82) is 5.26 Å². The third kappa shape index (κ3) is 3.64. The summed E-state index contributed by atoms with van der Waals surface area (Å²) in [7, 11) is 0. The molecule has 1 aromatic carbocycles. The fourth-order valence-corrected chi connectivity index (χ4v) is 2.23. The first kappa shape index (κ1) is 14.7. The Morgan fingerprint density at radius 3 is 2.80 bits per heavy atom. The second-order valence-corrected chi connectivity index (χ2v) is 4.84. The van der Waals surface area contributed by atoms with Gasteiger partial charge >= 0.3 is 6.18 Å². The minimum Gasteiger partial charge on any atom is -0.493 e. The van der Waals surface area contributed by atoms with Crippen LogP contribution in [0.5, 0.6) is 5.75 Å². The highest BCUT2D eigenvalue weighted by Crippen LogP contribution is 2.33. The van der Waals surface area contributed by atoms with Crippen molar-refractivity contribution < 1.29 is 17.9 Å². The van der Waals surface area contributed by atoms with Crippen molar-refractivity contribution in [2.24, 2.45) is 5.92 Å². The lowest BCUT2D eigenvalue weighted by molar-refractivity contribution is -0.137. The second kappa shape index (κ2) is 6.14. The molecule has 0 aromatic heterocycles. The molecule has 1 fully saturated rings. The molecule has 0 spiro atoms. The van der Waals surface area contributed by atoms with E-state index in [1.807, 2.05) is 0 Å². The Morgan fingerprint density at radius 2 is 2.20 bits per heavy atom. The van der Waals surface area contributed by atoms with Gasteiger partial charge in [-0.2, -0.15) is 18.4 Å². The summed E-state index contributed by atoms with van der Waals surface area (Å²) >= 11 is 0. The molecule has 2 rings (SSSR count).